The molecule has 0 aromatic heterocycles. The van der Waals surface area contributed by atoms with Crippen molar-refractivity contribution in [2.75, 3.05) is 13.2 Å². The third kappa shape index (κ3) is 4.20. The number of hydrogen-bond donors (Lipinski definition) is 2. The van der Waals surface area contributed by atoms with E-state index in [4.69, 9.17) is 22.7 Å². The Kier molecular flexibility index (Phi) is 6.00. The van der Waals surface area contributed by atoms with Gasteiger partial charge in [-0.1, -0.05) is 18.3 Å². The summed E-state index contributed by atoms with van der Waals surface area (Å²) in [7, 11) is -3.91. The summed E-state index contributed by atoms with van der Waals surface area (Å²) in [5.41, 5.74) is 5.11. The lowest BCUT2D eigenvalue weighted by Gasteiger charge is -2.15. The number of halogens is 1. The summed E-state index contributed by atoms with van der Waals surface area (Å²) in [6.07, 6.45) is -0.295. The van der Waals surface area contributed by atoms with E-state index in [1.807, 2.05) is 6.92 Å². The number of nitrogens with one attached hydrogen (secondary N) is 1. The van der Waals surface area contributed by atoms with Crippen LogP contribution in [0.3, 0.4) is 0 Å². The molecular weight excluding hydrogens is 303 g/mol. The molecule has 5 nitrogen and oxygen atoms in total. The molecule has 0 saturated carbocycles. The SMILES string of the molecule is CCOC(C)CNS(=O)(=O)c1cccc(F)c1C(N)=S. The molecule has 0 fully saturated rings. The second kappa shape index (κ2) is 7.07. The summed E-state index contributed by atoms with van der Waals surface area (Å²) in [5, 5.41) is 0. The topological polar surface area (TPSA) is 81.4 Å². The van der Waals surface area contributed by atoms with E-state index >= 15 is 0 Å². The molecule has 0 aliphatic carbocycles. The highest BCUT2D eigenvalue weighted by molar-refractivity contribution is 7.89. The van der Waals surface area contributed by atoms with E-state index in [1.165, 1.54) is 12.1 Å². The molecule has 20 heavy (non-hydrogen) atoms. The van der Waals surface area contributed by atoms with Crippen LogP contribution in [0.5, 0.6) is 0 Å². The smallest absolute Gasteiger partial charge is 0.241 e. The Balaban J connectivity index is 3.04. The lowest BCUT2D eigenvalue weighted by Crippen LogP contribution is -2.33. The second-order valence-electron chi connectivity index (χ2n) is 4.10. The number of benzene rings is 1. The van der Waals surface area contributed by atoms with Crippen LogP contribution >= 0.6 is 12.2 Å². The highest BCUT2D eigenvalue weighted by Crippen LogP contribution is 2.18. The maximum absolute atomic E-state index is 13.7. The van der Waals surface area contributed by atoms with E-state index in [1.54, 1.807) is 6.92 Å². The van der Waals surface area contributed by atoms with Crippen molar-refractivity contribution in [3.8, 4) is 0 Å². The molecule has 1 rings (SSSR count). The van der Waals surface area contributed by atoms with Crippen molar-refractivity contribution in [1.29, 1.82) is 0 Å². The van der Waals surface area contributed by atoms with Crippen molar-refractivity contribution in [3.63, 3.8) is 0 Å². The van der Waals surface area contributed by atoms with Crippen LogP contribution in [0, 0.1) is 5.82 Å². The highest BCUT2D eigenvalue weighted by atomic mass is 32.2. The van der Waals surface area contributed by atoms with Crippen molar-refractivity contribution >= 4 is 27.2 Å². The fraction of sp³-hybridized carbons (Fsp3) is 0.417. The summed E-state index contributed by atoms with van der Waals surface area (Å²) in [4.78, 5) is -0.574. The Hall–Kier alpha value is -1.09. The monoisotopic (exact) mass is 320 g/mol. The van der Waals surface area contributed by atoms with Gasteiger partial charge in [0.15, 0.2) is 0 Å². The molecule has 1 atom stereocenters. The zero-order chi connectivity index (χ0) is 15.3. The summed E-state index contributed by atoms with van der Waals surface area (Å²) in [6, 6.07) is 3.65. The van der Waals surface area contributed by atoms with Crippen LogP contribution in [-0.4, -0.2) is 32.7 Å². The standard InChI is InChI=1S/C12H17FN2O3S2/c1-3-18-8(2)7-15-20(16,17)10-6-4-5-9(13)11(10)12(14)19/h4-6,8,15H,3,7H2,1-2H3,(H2,14,19). The number of ether oxygens (including phenoxy) is 1. The fourth-order valence-electron chi connectivity index (χ4n) is 1.62. The van der Waals surface area contributed by atoms with Crippen molar-refractivity contribution in [2.45, 2.75) is 24.8 Å². The number of rotatable bonds is 7. The lowest BCUT2D eigenvalue weighted by atomic mass is 10.2. The number of sulfonamides is 1. The molecule has 0 radical (unpaired) electrons. The van der Waals surface area contributed by atoms with E-state index in [9.17, 15) is 12.8 Å². The molecule has 0 aliphatic rings. The third-order valence-corrected chi connectivity index (χ3v) is 4.19. The molecule has 8 heteroatoms. The van der Waals surface area contributed by atoms with Crippen molar-refractivity contribution < 1.29 is 17.5 Å². The van der Waals surface area contributed by atoms with E-state index in [0.717, 1.165) is 6.07 Å². The van der Waals surface area contributed by atoms with Gasteiger partial charge in [0.1, 0.15) is 10.8 Å². The van der Waals surface area contributed by atoms with Gasteiger partial charge in [-0.15, -0.1) is 0 Å². The Morgan fingerprint density at radius 2 is 2.20 bits per heavy atom. The maximum Gasteiger partial charge on any atom is 0.241 e. The predicted molar refractivity (Wildman–Crippen MR) is 78.6 cm³/mol. The van der Waals surface area contributed by atoms with Crippen LogP contribution in [0.25, 0.3) is 0 Å². The minimum atomic E-state index is -3.91. The molecule has 0 heterocycles. The predicted octanol–water partition coefficient (Wildman–Crippen LogP) is 1.16. The second-order valence-corrected chi connectivity index (χ2v) is 6.27. The first-order valence-electron chi connectivity index (χ1n) is 5.99. The van der Waals surface area contributed by atoms with Gasteiger partial charge in [0.05, 0.1) is 16.6 Å². The summed E-state index contributed by atoms with van der Waals surface area (Å²) < 4.78 is 45.6. The molecular formula is C12H17FN2O3S2. The molecule has 0 spiro atoms. The minimum absolute atomic E-state index is 0.0729. The number of nitrogens with two attached hydrogens (primary N) is 1. The maximum atomic E-state index is 13.7. The van der Waals surface area contributed by atoms with E-state index < -0.39 is 15.8 Å². The van der Waals surface area contributed by atoms with Crippen LogP contribution in [0.1, 0.15) is 19.4 Å². The van der Waals surface area contributed by atoms with Gasteiger partial charge >= 0.3 is 0 Å². The average Bonchev–Trinajstić information content (AvgIpc) is 2.36. The van der Waals surface area contributed by atoms with Crippen LogP contribution in [0.2, 0.25) is 0 Å². The Bertz CT molecular complexity index is 590. The van der Waals surface area contributed by atoms with Crippen LogP contribution < -0.4 is 10.5 Å². The molecule has 3 N–H and O–H groups in total. The van der Waals surface area contributed by atoms with Crippen molar-refractivity contribution in [1.82, 2.24) is 4.72 Å². The number of thiocarbonyl (C=S) groups is 1. The highest BCUT2D eigenvalue weighted by Gasteiger charge is 2.23. The zero-order valence-electron chi connectivity index (χ0n) is 11.2. The molecule has 0 bridgehead atoms. The van der Waals surface area contributed by atoms with Crippen LogP contribution in [0.15, 0.2) is 23.1 Å². The van der Waals surface area contributed by atoms with Gasteiger partial charge in [-0.2, -0.15) is 0 Å². The quantitative estimate of drug-likeness (QED) is 0.737. The Morgan fingerprint density at radius 3 is 2.75 bits per heavy atom. The van der Waals surface area contributed by atoms with Gasteiger partial charge in [-0.05, 0) is 26.0 Å². The van der Waals surface area contributed by atoms with Crippen LogP contribution in [-0.2, 0) is 14.8 Å². The van der Waals surface area contributed by atoms with E-state index in [2.05, 4.69) is 4.72 Å². The minimum Gasteiger partial charge on any atom is -0.389 e. The summed E-state index contributed by atoms with van der Waals surface area (Å²) in [6.45, 7) is 4.08. The van der Waals surface area contributed by atoms with Gasteiger partial charge in [0.25, 0.3) is 0 Å². The summed E-state index contributed by atoms with van der Waals surface area (Å²) in [5.74, 6) is -0.766. The van der Waals surface area contributed by atoms with Gasteiger partial charge in [0.2, 0.25) is 10.0 Å². The van der Waals surface area contributed by atoms with Crippen LogP contribution in [0.4, 0.5) is 4.39 Å². The molecule has 0 amide bonds. The van der Waals surface area contributed by atoms with Crippen molar-refractivity contribution in [3.05, 3.63) is 29.6 Å². The summed E-state index contributed by atoms with van der Waals surface area (Å²) >= 11 is 4.70. The molecule has 0 saturated heterocycles. The molecule has 112 valence electrons. The van der Waals surface area contributed by atoms with E-state index in [0.29, 0.717) is 6.61 Å². The van der Waals surface area contributed by atoms with Gasteiger partial charge in [-0.3, -0.25) is 0 Å². The van der Waals surface area contributed by atoms with Gasteiger partial charge < -0.3 is 10.5 Å². The first-order chi connectivity index (χ1) is 9.29. The molecule has 1 unspecified atom stereocenters. The normalized spacial score (nSPS) is 13.2. The zero-order valence-corrected chi connectivity index (χ0v) is 12.9. The Morgan fingerprint density at radius 1 is 1.55 bits per heavy atom. The number of hydrogen-bond acceptors (Lipinski definition) is 4. The lowest BCUT2D eigenvalue weighted by molar-refractivity contribution is 0.0799. The van der Waals surface area contributed by atoms with Gasteiger partial charge in [0, 0.05) is 13.2 Å². The molecule has 1 aromatic rings. The van der Waals surface area contributed by atoms with E-state index in [-0.39, 0.29) is 28.1 Å². The largest absolute Gasteiger partial charge is 0.389 e. The fourth-order valence-corrected chi connectivity index (χ4v) is 3.23. The van der Waals surface area contributed by atoms with Gasteiger partial charge in [-0.25, -0.2) is 17.5 Å². The third-order valence-electron chi connectivity index (χ3n) is 2.52. The first kappa shape index (κ1) is 17.0. The molecule has 0 aliphatic heterocycles. The Labute approximate surface area is 123 Å². The molecule has 1 aromatic carbocycles. The average molecular weight is 320 g/mol. The van der Waals surface area contributed by atoms with Crippen molar-refractivity contribution in [2.24, 2.45) is 5.73 Å². The first-order valence-corrected chi connectivity index (χ1v) is 7.88.